The van der Waals surface area contributed by atoms with E-state index in [0.717, 1.165) is 50.3 Å². The Kier molecular flexibility index (Phi) is 5.63. The van der Waals surface area contributed by atoms with Crippen LogP contribution in [0.1, 0.15) is 68.6 Å². The lowest BCUT2D eigenvalue weighted by atomic mass is 9.72. The van der Waals surface area contributed by atoms with E-state index in [1.165, 1.54) is 0 Å². The Morgan fingerprint density at radius 3 is 2.55 bits per heavy atom. The van der Waals surface area contributed by atoms with E-state index in [-0.39, 0.29) is 17.2 Å². The Bertz CT molecular complexity index is 839. The molecule has 4 heterocycles. The number of likely N-dealkylation sites (tertiary alicyclic amines) is 2. The number of piperidine rings is 2. The van der Waals surface area contributed by atoms with Crippen LogP contribution in [0.4, 0.5) is 0 Å². The van der Waals surface area contributed by atoms with Crippen molar-refractivity contribution in [3.05, 3.63) is 35.6 Å². The van der Waals surface area contributed by atoms with Crippen LogP contribution in [-0.2, 0) is 17.9 Å². The molecule has 8 nitrogen and oxygen atoms in total. The number of rotatable bonds is 5. The van der Waals surface area contributed by atoms with Gasteiger partial charge in [-0.15, -0.1) is 10.2 Å². The Morgan fingerprint density at radius 2 is 1.90 bits per heavy atom. The van der Waals surface area contributed by atoms with Crippen molar-refractivity contribution in [2.45, 2.75) is 65.5 Å². The van der Waals surface area contributed by atoms with Crippen molar-refractivity contribution < 1.29 is 9.21 Å². The molecule has 2 saturated heterocycles. The predicted molar refractivity (Wildman–Crippen MR) is 107 cm³/mol. The highest BCUT2D eigenvalue weighted by molar-refractivity contribution is 5.77. The summed E-state index contributed by atoms with van der Waals surface area (Å²) < 4.78 is 5.76. The zero-order valence-electron chi connectivity index (χ0n) is 17.6. The molecule has 2 aromatic heterocycles. The zero-order chi connectivity index (χ0) is 20.4. The summed E-state index contributed by atoms with van der Waals surface area (Å²) >= 11 is 0. The quantitative estimate of drug-likeness (QED) is 0.765. The molecule has 1 amide bonds. The van der Waals surface area contributed by atoms with Gasteiger partial charge in [0.15, 0.2) is 0 Å². The Hall–Kier alpha value is -2.35. The normalized spacial score (nSPS) is 20.0. The van der Waals surface area contributed by atoms with Crippen molar-refractivity contribution in [1.82, 2.24) is 30.0 Å². The summed E-state index contributed by atoms with van der Waals surface area (Å²) in [5, 5.41) is 8.32. The molecule has 2 aliphatic heterocycles. The fourth-order valence-corrected chi connectivity index (χ4v) is 4.29. The van der Waals surface area contributed by atoms with Crippen LogP contribution in [0.3, 0.4) is 0 Å². The first-order chi connectivity index (χ1) is 13.9. The molecule has 0 radical (unpaired) electrons. The van der Waals surface area contributed by atoms with Gasteiger partial charge in [0.05, 0.1) is 30.7 Å². The zero-order valence-corrected chi connectivity index (χ0v) is 17.6. The number of nitrogens with zero attached hydrogens (tertiary/aromatic N) is 6. The molecule has 29 heavy (non-hydrogen) atoms. The van der Waals surface area contributed by atoms with E-state index in [0.29, 0.717) is 31.3 Å². The van der Waals surface area contributed by atoms with Crippen molar-refractivity contribution in [2.24, 2.45) is 5.41 Å². The second-order valence-corrected chi connectivity index (χ2v) is 8.86. The Morgan fingerprint density at radius 1 is 1.10 bits per heavy atom. The third-order valence-corrected chi connectivity index (χ3v) is 6.19. The summed E-state index contributed by atoms with van der Waals surface area (Å²) in [6.45, 7) is 10.1. The van der Waals surface area contributed by atoms with Crippen LogP contribution in [0, 0.1) is 12.3 Å². The van der Waals surface area contributed by atoms with Gasteiger partial charge < -0.3 is 9.32 Å². The summed E-state index contributed by atoms with van der Waals surface area (Å²) in [5.74, 6) is 1.88. The number of hydrogen-bond donors (Lipinski definition) is 0. The molecule has 4 rings (SSSR count). The van der Waals surface area contributed by atoms with Crippen LogP contribution in [0.2, 0.25) is 0 Å². The van der Waals surface area contributed by atoms with Crippen LogP contribution in [0.5, 0.6) is 0 Å². The topological polar surface area (TPSA) is 88.3 Å². The molecule has 0 saturated carbocycles. The third-order valence-electron chi connectivity index (χ3n) is 6.19. The summed E-state index contributed by atoms with van der Waals surface area (Å²) in [6, 6.07) is 0. The third kappa shape index (κ3) is 4.63. The maximum absolute atomic E-state index is 12.5. The van der Waals surface area contributed by atoms with Gasteiger partial charge in [0.2, 0.25) is 17.7 Å². The van der Waals surface area contributed by atoms with Gasteiger partial charge in [-0.05, 0) is 44.7 Å². The van der Waals surface area contributed by atoms with Gasteiger partial charge in [0.1, 0.15) is 0 Å². The first-order valence-corrected chi connectivity index (χ1v) is 10.5. The molecule has 2 fully saturated rings. The smallest absolute Gasteiger partial charge is 0.230 e. The van der Waals surface area contributed by atoms with Gasteiger partial charge in [-0.25, -0.2) is 0 Å². The van der Waals surface area contributed by atoms with Crippen molar-refractivity contribution >= 4 is 5.91 Å². The molecule has 0 aromatic carbocycles. The number of carbonyl (C=O) groups excluding carboxylic acids is 1. The van der Waals surface area contributed by atoms with Gasteiger partial charge in [-0.3, -0.25) is 19.7 Å². The monoisotopic (exact) mass is 398 g/mol. The molecular weight excluding hydrogens is 368 g/mol. The van der Waals surface area contributed by atoms with Gasteiger partial charge in [0, 0.05) is 25.1 Å². The molecule has 2 aliphatic rings. The van der Waals surface area contributed by atoms with Gasteiger partial charge >= 0.3 is 0 Å². The molecule has 0 N–H and O–H groups in total. The molecular formula is C21H30N6O2. The number of aromatic nitrogens is 4. The summed E-state index contributed by atoms with van der Waals surface area (Å²) in [5.41, 5.74) is 1.96. The highest BCUT2D eigenvalue weighted by Crippen LogP contribution is 2.40. The van der Waals surface area contributed by atoms with E-state index in [4.69, 9.17) is 4.42 Å². The van der Waals surface area contributed by atoms with Gasteiger partial charge in [-0.1, -0.05) is 13.8 Å². The lowest BCUT2D eigenvalue weighted by Crippen LogP contribution is -2.51. The average molecular weight is 399 g/mol. The molecule has 0 bridgehead atoms. The fourth-order valence-electron chi connectivity index (χ4n) is 4.29. The van der Waals surface area contributed by atoms with Crippen molar-refractivity contribution in [1.29, 1.82) is 0 Å². The Labute approximate surface area is 171 Å². The van der Waals surface area contributed by atoms with Crippen LogP contribution in [-0.4, -0.2) is 55.5 Å². The molecule has 0 aliphatic carbocycles. The van der Waals surface area contributed by atoms with Crippen LogP contribution < -0.4 is 0 Å². The van der Waals surface area contributed by atoms with Crippen LogP contribution in [0.15, 0.2) is 16.8 Å². The number of aryl methyl sites for hydroxylation is 1. The molecule has 0 atom stereocenters. The average Bonchev–Trinajstić information content (AvgIpc) is 3.18. The first-order valence-electron chi connectivity index (χ1n) is 10.5. The van der Waals surface area contributed by atoms with Gasteiger partial charge in [0.25, 0.3) is 0 Å². The SMILES string of the molecule is Cc1cnc(CN2CC3(CCC2=O)CCN(Cc2nnc(C(C)C)o2)CC3)cn1. The largest absolute Gasteiger partial charge is 0.424 e. The Balaban J connectivity index is 1.34. The van der Waals surface area contributed by atoms with Gasteiger partial charge in [-0.2, -0.15) is 0 Å². The molecule has 2 aromatic rings. The minimum Gasteiger partial charge on any atom is -0.424 e. The standard InChI is InChI=1S/C21H30N6O2/c1-15(2)20-25-24-18(29-20)13-26-8-6-21(7-9-26)5-4-19(28)27(14-21)12-17-11-22-16(3)10-23-17/h10-11,15H,4-9,12-14H2,1-3H3. The van der Waals surface area contributed by atoms with Crippen LogP contribution in [0.25, 0.3) is 0 Å². The first kappa shape index (κ1) is 19.9. The minimum absolute atomic E-state index is 0.209. The maximum Gasteiger partial charge on any atom is 0.230 e. The second kappa shape index (κ2) is 8.18. The summed E-state index contributed by atoms with van der Waals surface area (Å²) in [4.78, 5) is 25.6. The fraction of sp³-hybridized carbons (Fsp3) is 0.667. The summed E-state index contributed by atoms with van der Waals surface area (Å²) in [7, 11) is 0. The number of carbonyl (C=O) groups is 1. The van der Waals surface area contributed by atoms with Crippen molar-refractivity contribution in [3.63, 3.8) is 0 Å². The number of amides is 1. The maximum atomic E-state index is 12.5. The number of hydrogen-bond acceptors (Lipinski definition) is 7. The summed E-state index contributed by atoms with van der Waals surface area (Å²) in [6.07, 6.45) is 7.32. The van der Waals surface area contributed by atoms with E-state index in [1.807, 2.05) is 11.8 Å². The molecule has 1 spiro atoms. The highest BCUT2D eigenvalue weighted by Gasteiger charge is 2.41. The predicted octanol–water partition coefficient (Wildman–Crippen LogP) is 2.70. The van der Waals surface area contributed by atoms with E-state index < -0.39 is 0 Å². The van der Waals surface area contributed by atoms with E-state index in [9.17, 15) is 4.79 Å². The second-order valence-electron chi connectivity index (χ2n) is 8.86. The lowest BCUT2D eigenvalue weighted by molar-refractivity contribution is -0.140. The van der Waals surface area contributed by atoms with E-state index >= 15 is 0 Å². The van der Waals surface area contributed by atoms with Crippen molar-refractivity contribution in [3.8, 4) is 0 Å². The minimum atomic E-state index is 0.209. The lowest BCUT2D eigenvalue weighted by Gasteiger charge is -2.47. The van der Waals surface area contributed by atoms with Crippen LogP contribution >= 0.6 is 0 Å². The highest BCUT2D eigenvalue weighted by atomic mass is 16.4. The molecule has 0 unspecified atom stereocenters. The van der Waals surface area contributed by atoms with E-state index in [1.54, 1.807) is 12.4 Å². The molecule has 156 valence electrons. The molecule has 8 heteroatoms. The van der Waals surface area contributed by atoms with E-state index in [2.05, 4.69) is 38.9 Å². The van der Waals surface area contributed by atoms with Crippen molar-refractivity contribution in [2.75, 3.05) is 19.6 Å².